The molecule has 3 aliphatic rings. The summed E-state index contributed by atoms with van der Waals surface area (Å²) in [7, 11) is -5.25. The number of aromatic hydroxyl groups is 1. The number of nitrogens with two attached hydrogens (primary N) is 1. The van der Waals surface area contributed by atoms with Crippen LogP contribution in [0.4, 0.5) is 9.18 Å². The predicted octanol–water partition coefficient (Wildman–Crippen LogP) is -2.87. The molecular formula is C18H21FN7NaO9S2. The first kappa shape index (κ1) is 29.7. The van der Waals surface area contributed by atoms with Crippen molar-refractivity contribution < 1.29 is 46.8 Å². The molecule has 0 aliphatic carbocycles. The van der Waals surface area contributed by atoms with Gasteiger partial charge in [-0.1, -0.05) is 17.8 Å². The van der Waals surface area contributed by atoms with E-state index in [2.05, 4.69) is 10.7 Å². The minimum atomic E-state index is -5.25. The van der Waals surface area contributed by atoms with Crippen molar-refractivity contribution in [3.8, 4) is 5.75 Å². The van der Waals surface area contributed by atoms with Gasteiger partial charge >= 0.3 is 41.6 Å². The van der Waals surface area contributed by atoms with E-state index in [4.69, 9.17) is 11.1 Å². The molecule has 0 bridgehead atoms. The Morgan fingerprint density at radius 1 is 1.29 bits per heavy atom. The second kappa shape index (κ2) is 10.4. The second-order valence-electron chi connectivity index (χ2n) is 8.26. The summed E-state index contributed by atoms with van der Waals surface area (Å²) in [5, 5.41) is 26.1. The third-order valence-electron chi connectivity index (χ3n) is 5.98. The molecule has 16 nitrogen and oxygen atoms in total. The molecule has 4 amide bonds. The molecule has 0 aromatic heterocycles. The van der Waals surface area contributed by atoms with E-state index in [0.717, 1.165) is 26.9 Å². The van der Waals surface area contributed by atoms with Crippen molar-refractivity contribution in [3.05, 3.63) is 29.6 Å². The number of fused-ring (bicyclic) bond motifs is 1. The molecule has 3 fully saturated rings. The molecule has 20 heteroatoms. The number of halogens is 1. The minimum absolute atomic E-state index is 0. The zero-order valence-corrected chi connectivity index (χ0v) is 20.1. The number of amides is 4. The van der Waals surface area contributed by atoms with Crippen molar-refractivity contribution in [1.29, 1.82) is 5.41 Å². The van der Waals surface area contributed by atoms with E-state index >= 15 is 0 Å². The van der Waals surface area contributed by atoms with Crippen LogP contribution < -0.4 is 16.5 Å². The summed E-state index contributed by atoms with van der Waals surface area (Å²) in [6.07, 6.45) is 0. The standard InChI is InChI=1S/C18H20FN7O9S2.Na.H/c19-9-5-7(27)1-2-8(9)11(37(33,34)35)12(28)22-10-13(29)24-6-18(15(30)31,36-14(10)24)25-3-4-26(17(25)32)23-16(20)21;;/h1-2,5,10-11,14,27H,3-4,6H2,(H,22,28)(H,30,31)(H4,20,21,23)(H,33,34,35);;/t10-,11?,14-,18-;;/m1../s1. The number of phenols is 1. The van der Waals surface area contributed by atoms with E-state index in [1.54, 1.807) is 0 Å². The Balaban J connectivity index is 0.00000400. The molecular weight excluding hydrogens is 564 g/mol. The van der Waals surface area contributed by atoms with Crippen molar-refractivity contribution in [2.75, 3.05) is 19.6 Å². The van der Waals surface area contributed by atoms with Gasteiger partial charge in [-0.15, -0.1) is 0 Å². The number of hydrazine groups is 1. The van der Waals surface area contributed by atoms with Gasteiger partial charge < -0.3 is 26.2 Å². The van der Waals surface area contributed by atoms with Crippen LogP contribution in [0.3, 0.4) is 0 Å². The van der Waals surface area contributed by atoms with E-state index in [-0.39, 0.29) is 42.6 Å². The van der Waals surface area contributed by atoms with Gasteiger partial charge in [-0.3, -0.25) is 29.9 Å². The van der Waals surface area contributed by atoms with Crippen molar-refractivity contribution in [1.82, 2.24) is 25.6 Å². The van der Waals surface area contributed by atoms with Gasteiger partial charge in [-0.2, -0.15) is 8.42 Å². The molecule has 0 saturated carbocycles. The first-order chi connectivity index (χ1) is 17.2. The number of urea groups is 1. The number of guanidine groups is 1. The molecule has 3 aliphatic heterocycles. The molecule has 0 spiro atoms. The number of nitrogens with zero attached hydrogens (tertiary/aromatic N) is 3. The normalized spacial score (nSPS) is 25.3. The number of nitrogens with one attached hydrogen (secondary N) is 3. The summed E-state index contributed by atoms with van der Waals surface area (Å²) in [5.74, 6) is -6.16. The number of hydrogen-bond acceptors (Lipinski definition) is 9. The summed E-state index contributed by atoms with van der Waals surface area (Å²) in [6.45, 7) is -0.590. The summed E-state index contributed by atoms with van der Waals surface area (Å²) in [6, 6.07) is -0.0764. The van der Waals surface area contributed by atoms with E-state index in [0.29, 0.717) is 17.8 Å². The number of aliphatic carboxylic acids is 1. The van der Waals surface area contributed by atoms with Crippen LogP contribution in [0.15, 0.2) is 18.2 Å². The van der Waals surface area contributed by atoms with E-state index in [1.807, 2.05) is 0 Å². The number of hydrogen-bond donors (Lipinski definition) is 7. The molecule has 202 valence electrons. The number of carboxylic acids is 1. The summed E-state index contributed by atoms with van der Waals surface area (Å²) >= 11 is 0.649. The first-order valence-corrected chi connectivity index (χ1v) is 12.7. The second-order valence-corrected chi connectivity index (χ2v) is 11.2. The fourth-order valence-electron chi connectivity index (χ4n) is 4.32. The molecule has 8 N–H and O–H groups in total. The number of carboxylic acid groups (broad SMARTS) is 1. The third-order valence-corrected chi connectivity index (χ3v) is 8.72. The van der Waals surface area contributed by atoms with Gasteiger partial charge in [0.05, 0.1) is 13.1 Å². The van der Waals surface area contributed by atoms with Gasteiger partial charge in [0.15, 0.2) is 5.25 Å². The van der Waals surface area contributed by atoms with Gasteiger partial charge in [-0.25, -0.2) is 19.0 Å². The molecule has 4 rings (SSSR count). The van der Waals surface area contributed by atoms with Crippen molar-refractivity contribution in [2.45, 2.75) is 21.5 Å². The summed E-state index contributed by atoms with van der Waals surface area (Å²) < 4.78 is 47.7. The molecule has 1 unspecified atom stereocenters. The number of β-lactam (4-membered cyclic amide) rings is 1. The maximum atomic E-state index is 14.3. The maximum absolute atomic E-state index is 14.3. The van der Waals surface area contributed by atoms with Gasteiger partial charge in [-0.05, 0) is 6.07 Å². The zero-order chi connectivity index (χ0) is 27.4. The third kappa shape index (κ3) is 4.96. The van der Waals surface area contributed by atoms with Crippen LogP contribution in [-0.4, -0.2) is 133 Å². The number of benzene rings is 1. The van der Waals surface area contributed by atoms with Crippen LogP contribution in [-0.2, 0) is 24.5 Å². The van der Waals surface area contributed by atoms with E-state index in [9.17, 15) is 46.8 Å². The van der Waals surface area contributed by atoms with E-state index < -0.39 is 85.1 Å². The van der Waals surface area contributed by atoms with Gasteiger partial charge in [0.2, 0.25) is 22.6 Å². The van der Waals surface area contributed by atoms with Crippen molar-refractivity contribution in [3.63, 3.8) is 0 Å². The number of phenolic OH excluding ortho intramolecular Hbond substituents is 1. The molecule has 3 saturated heterocycles. The van der Waals surface area contributed by atoms with Crippen molar-refractivity contribution >= 4 is 81.2 Å². The first-order valence-electron chi connectivity index (χ1n) is 10.3. The van der Waals surface area contributed by atoms with Crippen LogP contribution in [0.2, 0.25) is 0 Å². The molecule has 3 heterocycles. The molecule has 38 heavy (non-hydrogen) atoms. The van der Waals surface area contributed by atoms with Crippen LogP contribution >= 0.6 is 11.8 Å². The SMILES string of the molecule is N=C(N)NN1CCN([C@]2(C(=O)O)CN3C(=O)[C@@H](NC(=O)C(c4ccc(O)cc4F)S(=O)(=O)O)[C@H]3S2)C1=O.[NaH]. The van der Waals surface area contributed by atoms with Crippen LogP contribution in [0.25, 0.3) is 0 Å². The quantitative estimate of drug-likeness (QED) is 0.0561. The number of thioether (sulfide) groups is 1. The Hall–Kier alpha value is -2.84. The average molecular weight is 586 g/mol. The van der Waals surface area contributed by atoms with E-state index in [1.165, 1.54) is 0 Å². The fourth-order valence-corrected chi connectivity index (χ4v) is 6.81. The molecule has 4 atom stereocenters. The van der Waals surface area contributed by atoms with Gasteiger partial charge in [0, 0.05) is 18.2 Å². The monoisotopic (exact) mass is 585 g/mol. The topological polar surface area (TPSA) is 247 Å². The van der Waals surface area contributed by atoms with Gasteiger partial charge in [0.25, 0.3) is 10.1 Å². The number of rotatable bonds is 7. The van der Waals surface area contributed by atoms with Crippen molar-refractivity contribution in [2.24, 2.45) is 5.73 Å². The zero-order valence-electron chi connectivity index (χ0n) is 18.5. The Labute approximate surface area is 240 Å². The Kier molecular flexibility index (Phi) is 8.11. The molecule has 0 radical (unpaired) electrons. The fraction of sp³-hybridized carbons (Fsp3) is 0.389. The Bertz CT molecular complexity index is 1340. The van der Waals surface area contributed by atoms with Crippen LogP contribution in [0.5, 0.6) is 5.75 Å². The van der Waals surface area contributed by atoms with Crippen LogP contribution in [0.1, 0.15) is 10.8 Å². The average Bonchev–Trinajstić information content (AvgIpc) is 3.32. The number of carbonyl (C=O) groups is 4. The summed E-state index contributed by atoms with van der Waals surface area (Å²) in [4.78, 5) is 50.7. The molecule has 1 aromatic carbocycles. The van der Waals surface area contributed by atoms with Gasteiger partial charge in [0.1, 0.15) is 23.0 Å². The van der Waals surface area contributed by atoms with Crippen LogP contribution in [0, 0.1) is 11.2 Å². The molecule has 1 aromatic rings. The summed E-state index contributed by atoms with van der Waals surface area (Å²) in [5.41, 5.74) is 6.70. The Morgan fingerprint density at radius 3 is 2.50 bits per heavy atom. The Morgan fingerprint density at radius 2 is 1.95 bits per heavy atom. The predicted molar refractivity (Wildman–Crippen MR) is 129 cm³/mol. The number of carbonyl (C=O) groups excluding carboxylic acids is 3.